The van der Waals surface area contributed by atoms with Gasteiger partial charge >= 0.3 is 0 Å². The third kappa shape index (κ3) is 21.1. The van der Waals surface area contributed by atoms with Crippen LogP contribution in [0.25, 0.3) is 0 Å². The zero-order valence-corrected chi connectivity index (χ0v) is 15.3. The highest BCUT2D eigenvalue weighted by Crippen LogP contribution is 2.17. The van der Waals surface area contributed by atoms with Crippen molar-refractivity contribution < 1.29 is 12.4 Å². The number of rotatable bonds is 14. The van der Waals surface area contributed by atoms with Crippen LogP contribution in [0.4, 0.5) is 0 Å². The molecule has 0 atom stereocenters. The Balaban J connectivity index is 0. The Morgan fingerprint density at radius 1 is 0.632 bits per heavy atom. The summed E-state index contributed by atoms with van der Waals surface area (Å²) in [7, 11) is -0.199. The summed E-state index contributed by atoms with van der Waals surface area (Å²) in [5, 5.41) is 3.58. The van der Waals surface area contributed by atoms with Crippen molar-refractivity contribution in [2.75, 3.05) is 19.9 Å². The highest BCUT2D eigenvalue weighted by molar-refractivity contribution is 7.53. The minimum atomic E-state index is -0.199. The fraction of sp³-hybridized carbons (Fsp3) is 1.00. The topological polar surface area (TPSA) is 12.0 Å². The molecule has 1 N–H and O–H groups in total. The summed E-state index contributed by atoms with van der Waals surface area (Å²) in [5.41, 5.74) is 0. The molecule has 0 unspecified atom stereocenters. The molecule has 0 spiro atoms. The van der Waals surface area contributed by atoms with Gasteiger partial charge in [0.15, 0.2) is 0 Å². The van der Waals surface area contributed by atoms with Crippen molar-refractivity contribution >= 4 is 8.07 Å². The molecular weight excluding hydrogens is 273 g/mol. The molecule has 0 aliphatic rings. The SMILES string of the molecule is CCCCCCCCCCCCCCN[PH+](C)C.[Cl-]. The molecule has 0 aromatic heterocycles. The Hall–Kier alpha value is 0.680. The number of unbranched alkanes of at least 4 members (excludes halogenated alkanes) is 11. The predicted octanol–water partition coefficient (Wildman–Crippen LogP) is 2.67. The molecule has 0 saturated heterocycles. The second-order valence-corrected chi connectivity index (χ2v) is 8.17. The lowest BCUT2D eigenvalue weighted by molar-refractivity contribution is -0.00000423. The molecule has 3 heteroatoms. The van der Waals surface area contributed by atoms with Crippen LogP contribution in [0, 0.1) is 0 Å². The highest BCUT2D eigenvalue weighted by atomic mass is 35.5. The molecule has 0 amide bonds. The van der Waals surface area contributed by atoms with Gasteiger partial charge in [0.05, 0.1) is 21.4 Å². The van der Waals surface area contributed by atoms with Crippen LogP contribution in [0.15, 0.2) is 0 Å². The second kappa shape index (κ2) is 18.7. The van der Waals surface area contributed by atoms with Crippen LogP contribution in [-0.2, 0) is 0 Å². The molecule has 0 fully saturated rings. The first-order valence-corrected chi connectivity index (χ1v) is 10.8. The van der Waals surface area contributed by atoms with E-state index >= 15 is 0 Å². The van der Waals surface area contributed by atoms with Crippen molar-refractivity contribution in [2.24, 2.45) is 0 Å². The number of nitrogens with one attached hydrogen (secondary N) is 1. The molecule has 0 saturated carbocycles. The normalized spacial score (nSPS) is 10.7. The lowest BCUT2D eigenvalue weighted by atomic mass is 10.1. The summed E-state index contributed by atoms with van der Waals surface area (Å²) in [4.78, 5) is 0. The molecular formula is C16H37ClNP. The fourth-order valence-corrected chi connectivity index (χ4v) is 2.98. The van der Waals surface area contributed by atoms with Gasteiger partial charge in [0.2, 0.25) is 0 Å². The lowest BCUT2D eigenvalue weighted by Crippen LogP contribution is -3.00. The van der Waals surface area contributed by atoms with Gasteiger partial charge in [-0.15, -0.1) is 0 Å². The van der Waals surface area contributed by atoms with Gasteiger partial charge in [-0.1, -0.05) is 77.6 Å². The van der Waals surface area contributed by atoms with E-state index in [-0.39, 0.29) is 20.5 Å². The third-order valence-corrected chi connectivity index (χ3v) is 4.47. The van der Waals surface area contributed by atoms with E-state index in [2.05, 4.69) is 25.3 Å². The minimum Gasteiger partial charge on any atom is -1.00 e. The van der Waals surface area contributed by atoms with Gasteiger partial charge in [0, 0.05) is 6.54 Å². The fourth-order valence-electron chi connectivity index (χ4n) is 2.30. The average Bonchev–Trinajstić information content (AvgIpc) is 2.34. The largest absolute Gasteiger partial charge is 1.00 e. The molecule has 0 aliphatic heterocycles. The Labute approximate surface area is 129 Å². The quantitative estimate of drug-likeness (QED) is 0.384. The Bertz CT molecular complexity index is 154. The molecule has 1 nitrogen and oxygen atoms in total. The summed E-state index contributed by atoms with van der Waals surface area (Å²) >= 11 is 0. The van der Waals surface area contributed by atoms with E-state index in [1.54, 1.807) is 0 Å². The van der Waals surface area contributed by atoms with Crippen LogP contribution < -0.4 is 17.5 Å². The van der Waals surface area contributed by atoms with E-state index in [9.17, 15) is 0 Å². The van der Waals surface area contributed by atoms with E-state index in [4.69, 9.17) is 0 Å². The number of hydrogen-bond donors (Lipinski definition) is 1. The first-order valence-electron chi connectivity index (χ1n) is 8.31. The third-order valence-electron chi connectivity index (χ3n) is 3.51. The standard InChI is InChI=1S/C16H36NP.ClH/c1-4-5-6-7-8-9-10-11-12-13-14-15-16-17-18(2)3;/h17H,4-16H2,1-3H3;1H. The predicted molar refractivity (Wildman–Crippen MR) is 89.2 cm³/mol. The molecule has 19 heavy (non-hydrogen) atoms. The average molecular weight is 310 g/mol. The van der Waals surface area contributed by atoms with E-state index in [0.29, 0.717) is 0 Å². The van der Waals surface area contributed by atoms with Gasteiger partial charge < -0.3 is 12.4 Å². The van der Waals surface area contributed by atoms with Crippen molar-refractivity contribution in [2.45, 2.75) is 84.0 Å². The lowest BCUT2D eigenvalue weighted by Gasteiger charge is -2.03. The minimum absolute atomic E-state index is 0. The smallest absolute Gasteiger partial charge is 0.0620 e. The zero-order chi connectivity index (χ0) is 13.5. The van der Waals surface area contributed by atoms with Crippen LogP contribution in [0.1, 0.15) is 84.0 Å². The maximum atomic E-state index is 3.58. The summed E-state index contributed by atoms with van der Waals surface area (Å²) in [6.45, 7) is 8.19. The summed E-state index contributed by atoms with van der Waals surface area (Å²) in [6, 6.07) is 0. The number of halogens is 1. The van der Waals surface area contributed by atoms with E-state index in [0.717, 1.165) is 0 Å². The highest BCUT2D eigenvalue weighted by Gasteiger charge is 1.97. The van der Waals surface area contributed by atoms with E-state index in [1.165, 1.54) is 83.6 Å². The van der Waals surface area contributed by atoms with Crippen LogP contribution >= 0.6 is 8.07 Å². The maximum absolute atomic E-state index is 3.58. The molecule has 0 aliphatic carbocycles. The Morgan fingerprint density at radius 2 is 1.00 bits per heavy atom. The molecule has 0 heterocycles. The van der Waals surface area contributed by atoms with E-state index in [1.807, 2.05) is 0 Å². The van der Waals surface area contributed by atoms with Crippen LogP contribution in [0.5, 0.6) is 0 Å². The van der Waals surface area contributed by atoms with Gasteiger partial charge in [-0.05, 0) is 6.42 Å². The molecule has 118 valence electrons. The van der Waals surface area contributed by atoms with Crippen LogP contribution in [0.2, 0.25) is 0 Å². The second-order valence-electron chi connectivity index (χ2n) is 5.82. The van der Waals surface area contributed by atoms with Crippen molar-refractivity contribution in [1.82, 2.24) is 5.09 Å². The van der Waals surface area contributed by atoms with Gasteiger partial charge in [-0.25, -0.2) is 0 Å². The molecule has 0 aromatic carbocycles. The monoisotopic (exact) mass is 309 g/mol. The summed E-state index contributed by atoms with van der Waals surface area (Å²) in [5.74, 6) is 0. The van der Waals surface area contributed by atoms with Gasteiger partial charge in [-0.3, -0.25) is 0 Å². The molecule has 0 rings (SSSR count). The zero-order valence-electron chi connectivity index (χ0n) is 13.6. The molecule has 0 bridgehead atoms. The van der Waals surface area contributed by atoms with Crippen molar-refractivity contribution in [1.29, 1.82) is 0 Å². The van der Waals surface area contributed by atoms with Gasteiger partial charge in [-0.2, -0.15) is 5.09 Å². The van der Waals surface area contributed by atoms with Crippen molar-refractivity contribution in [3.8, 4) is 0 Å². The first kappa shape index (κ1) is 22.0. The van der Waals surface area contributed by atoms with Gasteiger partial charge in [0.25, 0.3) is 0 Å². The van der Waals surface area contributed by atoms with E-state index < -0.39 is 0 Å². The summed E-state index contributed by atoms with van der Waals surface area (Å²) in [6.07, 6.45) is 17.4. The Morgan fingerprint density at radius 3 is 1.37 bits per heavy atom. The molecule has 0 aromatic rings. The molecule has 0 radical (unpaired) electrons. The maximum Gasteiger partial charge on any atom is 0.0620 e. The van der Waals surface area contributed by atoms with Crippen LogP contribution in [-0.4, -0.2) is 19.9 Å². The Kier molecular flexibility index (Phi) is 21.6. The summed E-state index contributed by atoms with van der Waals surface area (Å²) < 4.78 is 0. The number of hydrogen-bond acceptors (Lipinski definition) is 1. The van der Waals surface area contributed by atoms with Gasteiger partial charge in [0.1, 0.15) is 0 Å². The van der Waals surface area contributed by atoms with Crippen molar-refractivity contribution in [3.05, 3.63) is 0 Å². The first-order chi connectivity index (χ1) is 8.77. The van der Waals surface area contributed by atoms with Crippen molar-refractivity contribution in [3.63, 3.8) is 0 Å². The van der Waals surface area contributed by atoms with Crippen LogP contribution in [0.3, 0.4) is 0 Å².